The summed E-state index contributed by atoms with van der Waals surface area (Å²) in [6, 6.07) is 14.3. The van der Waals surface area contributed by atoms with Crippen LogP contribution in [0.4, 0.5) is 0 Å². The van der Waals surface area contributed by atoms with Crippen molar-refractivity contribution < 1.29 is 14.7 Å². The highest BCUT2D eigenvalue weighted by atomic mass is 16.4. The van der Waals surface area contributed by atoms with E-state index < -0.39 is 5.97 Å². The number of carboxylic acids is 1. The Morgan fingerprint density at radius 3 is 2.86 bits per heavy atom. The van der Waals surface area contributed by atoms with Gasteiger partial charge in [-0.05, 0) is 53.7 Å². The minimum absolute atomic E-state index is 0.0743. The minimum atomic E-state index is -0.955. The Kier molecular flexibility index (Phi) is 5.21. The normalized spacial score (nSPS) is 15.7. The molecule has 0 radical (unpaired) electrons. The number of aromatic amines is 1. The Hall–Kier alpha value is -3.34. The number of nitrogens with one attached hydrogen (secondary N) is 1. The molecule has 1 amide bonds. The quantitative estimate of drug-likeness (QED) is 0.617. The van der Waals surface area contributed by atoms with Crippen molar-refractivity contribution in [2.24, 2.45) is 0 Å². The lowest BCUT2D eigenvalue weighted by atomic mass is 10.0. The maximum absolute atomic E-state index is 12.4. The molecule has 1 heterocycles. The van der Waals surface area contributed by atoms with Gasteiger partial charge in [0, 0.05) is 36.6 Å². The van der Waals surface area contributed by atoms with Crippen molar-refractivity contribution in [2.75, 3.05) is 6.54 Å². The first-order valence-corrected chi connectivity index (χ1v) is 9.89. The van der Waals surface area contributed by atoms with Crippen molar-refractivity contribution >= 4 is 28.9 Å². The van der Waals surface area contributed by atoms with E-state index in [9.17, 15) is 9.59 Å². The molecule has 1 aliphatic rings. The van der Waals surface area contributed by atoms with E-state index in [-0.39, 0.29) is 11.9 Å². The van der Waals surface area contributed by atoms with Crippen LogP contribution < -0.4 is 0 Å². The smallest absolute Gasteiger partial charge is 0.328 e. The summed E-state index contributed by atoms with van der Waals surface area (Å²) < 4.78 is 0. The summed E-state index contributed by atoms with van der Waals surface area (Å²) in [6.45, 7) is 2.30. The fourth-order valence-electron chi connectivity index (χ4n) is 4.32. The van der Waals surface area contributed by atoms with Crippen molar-refractivity contribution in [2.45, 2.75) is 32.2 Å². The first-order valence-electron chi connectivity index (χ1n) is 9.89. The number of benzene rings is 2. The van der Waals surface area contributed by atoms with Gasteiger partial charge in [-0.25, -0.2) is 4.79 Å². The third kappa shape index (κ3) is 3.94. The molecule has 1 atom stereocenters. The Morgan fingerprint density at radius 1 is 1.24 bits per heavy atom. The molecule has 1 aromatic heterocycles. The molecular weight excluding hydrogens is 364 g/mol. The summed E-state index contributed by atoms with van der Waals surface area (Å²) in [5, 5.41) is 10.0. The molecule has 0 fully saturated rings. The van der Waals surface area contributed by atoms with Crippen LogP contribution in [-0.4, -0.2) is 33.4 Å². The predicted octanol–water partition coefficient (Wildman–Crippen LogP) is 4.34. The summed E-state index contributed by atoms with van der Waals surface area (Å²) >= 11 is 0. The molecule has 148 valence electrons. The molecule has 0 spiro atoms. The first-order chi connectivity index (χ1) is 14.0. The topological polar surface area (TPSA) is 73.4 Å². The molecule has 2 aromatic carbocycles. The van der Waals surface area contributed by atoms with E-state index in [1.165, 1.54) is 22.1 Å². The predicted molar refractivity (Wildman–Crippen MR) is 114 cm³/mol. The highest BCUT2D eigenvalue weighted by Crippen LogP contribution is 2.37. The number of rotatable bonds is 6. The van der Waals surface area contributed by atoms with Gasteiger partial charge in [0.1, 0.15) is 0 Å². The molecule has 5 nitrogen and oxygen atoms in total. The molecule has 3 aromatic rings. The van der Waals surface area contributed by atoms with Gasteiger partial charge in [0.15, 0.2) is 0 Å². The lowest BCUT2D eigenvalue weighted by Gasteiger charge is -2.29. The molecule has 0 bridgehead atoms. The SMILES string of the molecule is CC(=O)N(CCc1c[nH]c2ccccc12)C1CCc2cc(/C=C/C(=O)O)ccc21. The zero-order chi connectivity index (χ0) is 20.4. The van der Waals surface area contributed by atoms with Crippen LogP contribution in [0.25, 0.3) is 17.0 Å². The molecule has 5 heteroatoms. The van der Waals surface area contributed by atoms with E-state index in [4.69, 9.17) is 5.11 Å². The molecule has 2 N–H and O–H groups in total. The van der Waals surface area contributed by atoms with Gasteiger partial charge in [0.25, 0.3) is 0 Å². The van der Waals surface area contributed by atoms with E-state index in [0.717, 1.165) is 36.4 Å². The lowest BCUT2D eigenvalue weighted by Crippen LogP contribution is -2.33. The standard InChI is InChI=1S/C24H24N2O3/c1-16(27)26(13-12-19-15-25-22-5-3-2-4-20(19)22)23-10-8-18-14-17(6-9-21(18)23)7-11-24(28)29/h2-7,9,11,14-15,23,25H,8,10,12-13H2,1H3,(H,28,29)/b11-7+. The fraction of sp³-hybridized carbons (Fsp3) is 0.250. The number of aromatic nitrogens is 1. The van der Waals surface area contributed by atoms with Crippen molar-refractivity contribution in [1.82, 2.24) is 9.88 Å². The van der Waals surface area contributed by atoms with Gasteiger partial charge in [0.2, 0.25) is 5.91 Å². The van der Waals surface area contributed by atoms with Crippen LogP contribution in [0, 0.1) is 0 Å². The van der Waals surface area contributed by atoms with Crippen molar-refractivity contribution in [3.8, 4) is 0 Å². The van der Waals surface area contributed by atoms with Crippen LogP contribution in [0.2, 0.25) is 0 Å². The maximum atomic E-state index is 12.4. The molecular formula is C24H24N2O3. The van der Waals surface area contributed by atoms with Gasteiger partial charge in [0.05, 0.1) is 6.04 Å². The number of nitrogens with zero attached hydrogens (tertiary/aromatic N) is 1. The second-order valence-electron chi connectivity index (χ2n) is 7.51. The number of hydrogen-bond acceptors (Lipinski definition) is 2. The van der Waals surface area contributed by atoms with Crippen molar-refractivity contribution in [3.05, 3.63) is 77.0 Å². The third-order valence-electron chi connectivity index (χ3n) is 5.71. The average Bonchev–Trinajstić information content (AvgIpc) is 3.31. The number of carbonyl (C=O) groups is 2. The van der Waals surface area contributed by atoms with Gasteiger partial charge in [-0.1, -0.05) is 36.4 Å². The van der Waals surface area contributed by atoms with Gasteiger partial charge < -0.3 is 15.0 Å². The summed E-state index contributed by atoms with van der Waals surface area (Å²) in [4.78, 5) is 28.5. The Balaban J connectivity index is 1.53. The molecule has 0 saturated carbocycles. The van der Waals surface area contributed by atoms with Crippen LogP contribution in [0.1, 0.15) is 41.6 Å². The molecule has 0 aliphatic heterocycles. The van der Waals surface area contributed by atoms with E-state index in [1.807, 2.05) is 41.4 Å². The monoisotopic (exact) mass is 388 g/mol. The number of aryl methyl sites for hydroxylation is 1. The molecule has 1 unspecified atom stereocenters. The van der Waals surface area contributed by atoms with Crippen LogP contribution >= 0.6 is 0 Å². The summed E-state index contributed by atoms with van der Waals surface area (Å²) in [5.74, 6) is -0.874. The zero-order valence-corrected chi connectivity index (χ0v) is 16.4. The molecule has 29 heavy (non-hydrogen) atoms. The largest absolute Gasteiger partial charge is 0.478 e. The Labute approximate surface area is 169 Å². The summed E-state index contributed by atoms with van der Waals surface area (Å²) in [5.41, 5.74) is 5.58. The molecule has 0 saturated heterocycles. The van der Waals surface area contributed by atoms with E-state index in [2.05, 4.69) is 17.1 Å². The van der Waals surface area contributed by atoms with Gasteiger partial charge in [-0.2, -0.15) is 0 Å². The number of H-pyrrole nitrogens is 1. The number of fused-ring (bicyclic) bond motifs is 2. The van der Waals surface area contributed by atoms with E-state index >= 15 is 0 Å². The van der Waals surface area contributed by atoms with Crippen LogP contribution in [0.5, 0.6) is 0 Å². The number of para-hydroxylation sites is 1. The minimum Gasteiger partial charge on any atom is -0.478 e. The average molecular weight is 388 g/mol. The number of hydrogen-bond donors (Lipinski definition) is 2. The number of aliphatic carboxylic acids is 1. The van der Waals surface area contributed by atoms with Crippen LogP contribution in [0.3, 0.4) is 0 Å². The summed E-state index contributed by atoms with van der Waals surface area (Å²) in [6.07, 6.45) is 7.38. The van der Waals surface area contributed by atoms with Gasteiger partial charge in [-0.15, -0.1) is 0 Å². The summed E-state index contributed by atoms with van der Waals surface area (Å²) in [7, 11) is 0. The van der Waals surface area contributed by atoms with E-state index in [0.29, 0.717) is 6.54 Å². The van der Waals surface area contributed by atoms with Gasteiger partial charge >= 0.3 is 5.97 Å². The number of carboxylic acid groups (broad SMARTS) is 1. The third-order valence-corrected chi connectivity index (χ3v) is 5.71. The molecule has 1 aliphatic carbocycles. The van der Waals surface area contributed by atoms with Crippen LogP contribution in [-0.2, 0) is 22.4 Å². The maximum Gasteiger partial charge on any atom is 0.328 e. The zero-order valence-electron chi connectivity index (χ0n) is 16.4. The van der Waals surface area contributed by atoms with Crippen LogP contribution in [0.15, 0.2) is 54.7 Å². The van der Waals surface area contributed by atoms with Crippen molar-refractivity contribution in [3.63, 3.8) is 0 Å². The highest BCUT2D eigenvalue weighted by molar-refractivity contribution is 5.85. The number of carbonyl (C=O) groups excluding carboxylic acids is 1. The fourth-order valence-corrected chi connectivity index (χ4v) is 4.32. The Morgan fingerprint density at radius 2 is 2.07 bits per heavy atom. The van der Waals surface area contributed by atoms with Crippen molar-refractivity contribution in [1.29, 1.82) is 0 Å². The number of amides is 1. The van der Waals surface area contributed by atoms with Gasteiger partial charge in [-0.3, -0.25) is 4.79 Å². The second-order valence-corrected chi connectivity index (χ2v) is 7.51. The second kappa shape index (κ2) is 7.95. The highest BCUT2D eigenvalue weighted by Gasteiger charge is 2.29. The molecule has 4 rings (SSSR count). The lowest BCUT2D eigenvalue weighted by molar-refractivity contribution is -0.132. The Bertz CT molecular complexity index is 1100. The van der Waals surface area contributed by atoms with E-state index in [1.54, 1.807) is 13.0 Å². The first kappa shape index (κ1) is 19.0.